The molecule has 3 aliphatic carbocycles. The number of aryl methyl sites for hydroxylation is 2. The van der Waals surface area contributed by atoms with E-state index in [1.165, 1.54) is 63.4 Å². The van der Waals surface area contributed by atoms with Gasteiger partial charge in [-0.3, -0.25) is 0 Å². The van der Waals surface area contributed by atoms with Gasteiger partial charge in [0.25, 0.3) is 0 Å². The van der Waals surface area contributed by atoms with Crippen LogP contribution in [0.3, 0.4) is 0 Å². The molecular weight excluding hydrogens is 352 g/mol. The molecular formula is C28H40O. The minimum atomic E-state index is 0.515. The van der Waals surface area contributed by atoms with Crippen molar-refractivity contribution in [2.24, 2.45) is 23.7 Å². The smallest absolute Gasteiger partial charge is 0.0651 e. The summed E-state index contributed by atoms with van der Waals surface area (Å²) >= 11 is 0. The molecule has 0 radical (unpaired) electrons. The van der Waals surface area contributed by atoms with Crippen molar-refractivity contribution in [2.75, 3.05) is 6.61 Å². The summed E-state index contributed by atoms with van der Waals surface area (Å²) in [6.07, 6.45) is 21.5. The van der Waals surface area contributed by atoms with Gasteiger partial charge in [-0.25, -0.2) is 0 Å². The number of rotatable bonds is 7. The Balaban J connectivity index is 1.30. The molecule has 5 unspecified atom stereocenters. The molecule has 1 nitrogen and oxygen atoms in total. The topological polar surface area (TPSA) is 9.23 Å². The van der Waals surface area contributed by atoms with Gasteiger partial charge in [0, 0.05) is 0 Å². The Labute approximate surface area is 178 Å². The summed E-state index contributed by atoms with van der Waals surface area (Å²) in [4.78, 5) is 0. The van der Waals surface area contributed by atoms with Gasteiger partial charge in [-0.1, -0.05) is 36.4 Å². The van der Waals surface area contributed by atoms with Gasteiger partial charge in [0.2, 0.25) is 0 Å². The number of allylic oxidation sites excluding steroid dienone is 2. The lowest BCUT2D eigenvalue weighted by atomic mass is 9.62. The van der Waals surface area contributed by atoms with Gasteiger partial charge in [-0.15, -0.1) is 6.58 Å². The van der Waals surface area contributed by atoms with Crippen LogP contribution in [-0.4, -0.2) is 12.7 Å². The van der Waals surface area contributed by atoms with Crippen LogP contribution >= 0.6 is 0 Å². The first kappa shape index (κ1) is 20.9. The summed E-state index contributed by atoms with van der Waals surface area (Å²) < 4.78 is 6.10. The van der Waals surface area contributed by atoms with Gasteiger partial charge >= 0.3 is 0 Å². The molecule has 2 saturated carbocycles. The van der Waals surface area contributed by atoms with Crippen molar-refractivity contribution in [2.45, 2.75) is 83.7 Å². The Morgan fingerprint density at radius 3 is 2.59 bits per heavy atom. The first-order valence-corrected chi connectivity index (χ1v) is 12.2. The lowest BCUT2D eigenvalue weighted by molar-refractivity contribution is -0.0138. The highest BCUT2D eigenvalue weighted by molar-refractivity contribution is 5.34. The Bertz CT molecular complexity index is 702. The van der Waals surface area contributed by atoms with Crippen molar-refractivity contribution in [1.29, 1.82) is 0 Å². The molecule has 0 spiro atoms. The van der Waals surface area contributed by atoms with E-state index in [2.05, 4.69) is 43.9 Å². The molecule has 1 aromatic carbocycles. The predicted molar refractivity (Wildman–Crippen MR) is 123 cm³/mol. The van der Waals surface area contributed by atoms with E-state index < -0.39 is 0 Å². The Morgan fingerprint density at radius 1 is 0.966 bits per heavy atom. The zero-order chi connectivity index (χ0) is 20.1. The first-order valence-electron chi connectivity index (χ1n) is 12.2. The maximum absolute atomic E-state index is 6.10. The third-order valence-electron chi connectivity index (χ3n) is 8.11. The molecule has 1 aromatic rings. The fourth-order valence-electron chi connectivity index (χ4n) is 6.41. The van der Waals surface area contributed by atoms with E-state index in [9.17, 15) is 0 Å². The van der Waals surface area contributed by atoms with Crippen LogP contribution in [0.15, 0.2) is 43.0 Å². The normalized spacial score (nSPS) is 32.0. The average Bonchev–Trinajstić information content (AvgIpc) is 2.77. The van der Waals surface area contributed by atoms with Crippen LogP contribution in [0.5, 0.6) is 0 Å². The monoisotopic (exact) mass is 392 g/mol. The highest BCUT2D eigenvalue weighted by atomic mass is 16.5. The quantitative estimate of drug-likeness (QED) is 0.450. The zero-order valence-electron chi connectivity index (χ0n) is 18.5. The Morgan fingerprint density at radius 2 is 1.76 bits per heavy atom. The minimum Gasteiger partial charge on any atom is -0.374 e. The molecule has 0 N–H and O–H groups in total. The number of hydrogen-bond acceptors (Lipinski definition) is 1. The van der Waals surface area contributed by atoms with Crippen molar-refractivity contribution in [3.8, 4) is 0 Å². The van der Waals surface area contributed by atoms with Crippen LogP contribution in [0.1, 0.15) is 75.0 Å². The van der Waals surface area contributed by atoms with Crippen molar-refractivity contribution >= 4 is 0 Å². The molecule has 158 valence electrons. The van der Waals surface area contributed by atoms with E-state index in [1.807, 2.05) is 6.08 Å². The van der Waals surface area contributed by atoms with Gasteiger partial charge in [0.15, 0.2) is 0 Å². The molecule has 2 fully saturated rings. The maximum atomic E-state index is 6.10. The van der Waals surface area contributed by atoms with Crippen molar-refractivity contribution in [3.63, 3.8) is 0 Å². The van der Waals surface area contributed by atoms with E-state index in [-0.39, 0.29) is 0 Å². The first-order chi connectivity index (χ1) is 14.3. The molecule has 0 bridgehead atoms. The SMILES string of the molecule is C=CCCc1ccc2c(c1)CCC(C1CCC3CC(OC/C=C/C)CCC3C1)C2. The third kappa shape index (κ3) is 5.23. The van der Waals surface area contributed by atoms with Gasteiger partial charge in [0.05, 0.1) is 12.7 Å². The van der Waals surface area contributed by atoms with Crippen LogP contribution in [0, 0.1) is 23.7 Å². The Hall–Kier alpha value is -1.34. The summed E-state index contributed by atoms with van der Waals surface area (Å²) in [5.74, 6) is 3.79. The summed E-state index contributed by atoms with van der Waals surface area (Å²) in [7, 11) is 0. The lowest BCUT2D eigenvalue weighted by Gasteiger charge is -2.45. The van der Waals surface area contributed by atoms with Gasteiger partial charge in [0.1, 0.15) is 0 Å². The average molecular weight is 393 g/mol. The summed E-state index contributed by atoms with van der Waals surface area (Å²) in [5.41, 5.74) is 4.78. The van der Waals surface area contributed by atoms with E-state index in [1.54, 1.807) is 11.1 Å². The standard InChI is InChI=1S/C28H40O/c1-3-5-7-21-8-9-23-18-24(11-10-22(23)17-21)25-12-13-27-20-28(29-16-6-4-2)15-14-26(27)19-25/h3-4,6,8-9,17,24-28H,1,5,7,10-16,18-20H2,2H3/b6-4+. The van der Waals surface area contributed by atoms with Gasteiger partial charge < -0.3 is 4.74 Å². The van der Waals surface area contributed by atoms with E-state index in [0.717, 1.165) is 43.1 Å². The van der Waals surface area contributed by atoms with Crippen LogP contribution in [-0.2, 0) is 24.0 Å². The number of benzene rings is 1. The second-order valence-electron chi connectivity index (χ2n) is 9.86. The third-order valence-corrected chi connectivity index (χ3v) is 8.11. The number of hydrogen-bond donors (Lipinski definition) is 0. The van der Waals surface area contributed by atoms with E-state index in [4.69, 9.17) is 4.74 Å². The molecule has 1 heteroatoms. The second-order valence-corrected chi connectivity index (χ2v) is 9.86. The van der Waals surface area contributed by atoms with E-state index in [0.29, 0.717) is 6.10 Å². The lowest BCUT2D eigenvalue weighted by Crippen LogP contribution is -2.37. The van der Waals surface area contributed by atoms with Gasteiger partial charge in [-0.05, 0) is 118 Å². The van der Waals surface area contributed by atoms with Crippen LogP contribution in [0.25, 0.3) is 0 Å². The Kier molecular flexibility index (Phi) is 7.29. The largest absolute Gasteiger partial charge is 0.374 e. The molecule has 3 aliphatic rings. The van der Waals surface area contributed by atoms with Crippen molar-refractivity contribution in [3.05, 3.63) is 59.7 Å². The highest BCUT2D eigenvalue weighted by Gasteiger charge is 2.38. The molecule has 29 heavy (non-hydrogen) atoms. The molecule has 0 aliphatic heterocycles. The maximum Gasteiger partial charge on any atom is 0.0651 e. The molecule has 5 atom stereocenters. The fourth-order valence-corrected chi connectivity index (χ4v) is 6.41. The number of fused-ring (bicyclic) bond motifs is 2. The summed E-state index contributed by atoms with van der Waals surface area (Å²) in [6, 6.07) is 7.30. The summed E-state index contributed by atoms with van der Waals surface area (Å²) in [6.45, 7) is 6.74. The molecule has 0 heterocycles. The zero-order valence-corrected chi connectivity index (χ0v) is 18.5. The van der Waals surface area contributed by atoms with E-state index >= 15 is 0 Å². The molecule has 4 rings (SSSR count). The van der Waals surface area contributed by atoms with Crippen molar-refractivity contribution < 1.29 is 4.74 Å². The van der Waals surface area contributed by atoms with Crippen LogP contribution in [0.4, 0.5) is 0 Å². The predicted octanol–water partition coefficient (Wildman–Crippen LogP) is 7.09. The van der Waals surface area contributed by atoms with Crippen LogP contribution < -0.4 is 0 Å². The van der Waals surface area contributed by atoms with Gasteiger partial charge in [-0.2, -0.15) is 0 Å². The van der Waals surface area contributed by atoms with Crippen molar-refractivity contribution in [1.82, 2.24) is 0 Å². The molecule has 0 aromatic heterocycles. The summed E-state index contributed by atoms with van der Waals surface area (Å²) in [5, 5.41) is 0. The number of ether oxygens (including phenoxy) is 1. The fraction of sp³-hybridized carbons (Fsp3) is 0.643. The molecule has 0 amide bonds. The van der Waals surface area contributed by atoms with Crippen LogP contribution in [0.2, 0.25) is 0 Å². The molecule has 0 saturated heterocycles. The second kappa shape index (κ2) is 10.1. The highest BCUT2D eigenvalue weighted by Crippen LogP contribution is 2.47. The minimum absolute atomic E-state index is 0.515.